The second kappa shape index (κ2) is 3.74. The van der Waals surface area contributed by atoms with E-state index in [9.17, 15) is 4.79 Å². The Labute approximate surface area is 90.8 Å². The van der Waals surface area contributed by atoms with E-state index in [0.29, 0.717) is 16.9 Å². The van der Waals surface area contributed by atoms with Crippen LogP contribution in [-0.2, 0) is 9.53 Å². The quantitative estimate of drug-likeness (QED) is 0.774. The van der Waals surface area contributed by atoms with Gasteiger partial charge in [-0.1, -0.05) is 11.3 Å². The molecule has 1 aliphatic rings. The fourth-order valence-electron chi connectivity index (χ4n) is 1.47. The summed E-state index contributed by atoms with van der Waals surface area (Å²) in [5, 5.41) is 10.7. The van der Waals surface area contributed by atoms with Gasteiger partial charge in [-0.05, 0) is 19.8 Å². The van der Waals surface area contributed by atoms with Gasteiger partial charge in [0.2, 0.25) is 10.3 Å². The van der Waals surface area contributed by atoms with E-state index in [1.54, 1.807) is 6.92 Å². The van der Waals surface area contributed by atoms with Crippen LogP contribution >= 0.6 is 11.3 Å². The molecule has 2 rings (SSSR count). The van der Waals surface area contributed by atoms with Crippen molar-refractivity contribution >= 4 is 27.5 Å². The highest BCUT2D eigenvalue weighted by atomic mass is 32.1. The zero-order chi connectivity index (χ0) is 10.9. The molecule has 0 bridgehead atoms. The Morgan fingerprint density at radius 2 is 2.47 bits per heavy atom. The summed E-state index contributed by atoms with van der Waals surface area (Å²) in [5.74, 6) is -0.184. The fourth-order valence-corrected chi connectivity index (χ4v) is 1.98. The van der Waals surface area contributed by atoms with Gasteiger partial charge in [-0.15, -0.1) is 10.2 Å². The lowest BCUT2D eigenvalue weighted by Gasteiger charge is -2.20. The number of carbonyl (C=O) groups is 1. The summed E-state index contributed by atoms with van der Waals surface area (Å²) in [7, 11) is 0. The molecule has 1 aromatic rings. The first-order valence-electron chi connectivity index (χ1n) is 4.64. The monoisotopic (exact) mass is 228 g/mol. The molecule has 1 unspecified atom stereocenters. The summed E-state index contributed by atoms with van der Waals surface area (Å²) in [4.78, 5) is 11.8. The van der Waals surface area contributed by atoms with Crippen molar-refractivity contribution in [1.82, 2.24) is 10.2 Å². The molecule has 1 saturated heterocycles. The van der Waals surface area contributed by atoms with Gasteiger partial charge < -0.3 is 10.5 Å². The molecule has 0 aliphatic carbocycles. The average Bonchev–Trinajstić information content (AvgIpc) is 2.76. The molecule has 0 radical (unpaired) electrons. The normalized spacial score (nSPS) is 25.4. The van der Waals surface area contributed by atoms with Crippen LogP contribution in [-0.4, -0.2) is 28.3 Å². The molecule has 1 aliphatic heterocycles. The minimum atomic E-state index is -0.736. The molecular weight excluding hydrogens is 216 g/mol. The molecule has 1 atom stereocenters. The summed E-state index contributed by atoms with van der Waals surface area (Å²) in [6.07, 6.45) is 1.63. The van der Waals surface area contributed by atoms with Crippen molar-refractivity contribution in [3.05, 3.63) is 0 Å². The fraction of sp³-hybridized carbons (Fsp3) is 0.625. The third-order valence-corrected chi connectivity index (χ3v) is 3.03. The molecule has 3 N–H and O–H groups in total. The first-order chi connectivity index (χ1) is 7.10. The van der Waals surface area contributed by atoms with Crippen LogP contribution in [0.15, 0.2) is 0 Å². The lowest BCUT2D eigenvalue weighted by molar-refractivity contribution is -0.133. The van der Waals surface area contributed by atoms with Crippen LogP contribution in [0.25, 0.3) is 0 Å². The van der Waals surface area contributed by atoms with Crippen molar-refractivity contribution in [2.45, 2.75) is 25.4 Å². The molecule has 7 heteroatoms. The zero-order valence-corrected chi connectivity index (χ0v) is 9.13. The molecule has 0 aromatic carbocycles. The predicted octanol–water partition coefficient (Wildman–Crippen LogP) is 0.628. The van der Waals surface area contributed by atoms with E-state index in [4.69, 9.17) is 10.5 Å². The zero-order valence-electron chi connectivity index (χ0n) is 8.32. The summed E-state index contributed by atoms with van der Waals surface area (Å²) in [6, 6.07) is 0. The largest absolute Gasteiger partial charge is 0.374 e. The third-order valence-electron chi connectivity index (χ3n) is 2.36. The van der Waals surface area contributed by atoms with Crippen molar-refractivity contribution < 1.29 is 9.53 Å². The van der Waals surface area contributed by atoms with Crippen LogP contribution in [0.3, 0.4) is 0 Å². The Kier molecular flexibility index (Phi) is 2.57. The number of carbonyl (C=O) groups excluding carboxylic acids is 1. The van der Waals surface area contributed by atoms with Crippen LogP contribution in [0, 0.1) is 0 Å². The predicted molar refractivity (Wildman–Crippen MR) is 56.5 cm³/mol. The lowest BCUT2D eigenvalue weighted by atomic mass is 10.0. The second-order valence-electron chi connectivity index (χ2n) is 3.58. The number of nitrogens with two attached hydrogens (primary N) is 1. The molecule has 0 saturated carbocycles. The summed E-state index contributed by atoms with van der Waals surface area (Å²) in [5.41, 5.74) is 4.67. The number of amides is 1. The van der Waals surface area contributed by atoms with Crippen molar-refractivity contribution in [3.8, 4) is 0 Å². The van der Waals surface area contributed by atoms with Crippen LogP contribution in [0.5, 0.6) is 0 Å². The van der Waals surface area contributed by atoms with Gasteiger partial charge in [0.15, 0.2) is 0 Å². The SMILES string of the molecule is CC1(C(=O)Nc2nnc(N)s2)CCCO1. The highest BCUT2D eigenvalue weighted by Gasteiger charge is 2.38. The van der Waals surface area contributed by atoms with Gasteiger partial charge in [-0.3, -0.25) is 10.1 Å². The van der Waals surface area contributed by atoms with Gasteiger partial charge >= 0.3 is 0 Å². The van der Waals surface area contributed by atoms with E-state index < -0.39 is 5.60 Å². The number of nitrogens with zero attached hydrogens (tertiary/aromatic N) is 2. The standard InChI is InChI=1S/C8H12N4O2S/c1-8(3-2-4-14-8)5(13)10-7-12-11-6(9)15-7/h2-4H2,1H3,(H2,9,11)(H,10,12,13). The molecule has 0 spiro atoms. The number of ether oxygens (including phenoxy) is 1. The van der Waals surface area contributed by atoms with Gasteiger partial charge in [0, 0.05) is 6.61 Å². The number of nitrogen functional groups attached to an aromatic ring is 1. The van der Waals surface area contributed by atoms with Gasteiger partial charge in [-0.2, -0.15) is 0 Å². The molecule has 1 amide bonds. The van der Waals surface area contributed by atoms with Crippen LogP contribution in [0.2, 0.25) is 0 Å². The number of rotatable bonds is 2. The Bertz CT molecular complexity index is 372. The van der Waals surface area contributed by atoms with E-state index >= 15 is 0 Å². The van der Waals surface area contributed by atoms with Crippen molar-refractivity contribution in [3.63, 3.8) is 0 Å². The second-order valence-corrected chi connectivity index (χ2v) is 4.59. The lowest BCUT2D eigenvalue weighted by Crippen LogP contribution is -2.39. The maximum atomic E-state index is 11.8. The van der Waals surface area contributed by atoms with E-state index in [0.717, 1.165) is 24.2 Å². The molecular formula is C8H12N4O2S. The molecule has 15 heavy (non-hydrogen) atoms. The first-order valence-corrected chi connectivity index (χ1v) is 5.46. The van der Waals surface area contributed by atoms with Crippen molar-refractivity contribution in [1.29, 1.82) is 0 Å². The summed E-state index contributed by atoms with van der Waals surface area (Å²) in [6.45, 7) is 2.40. The highest BCUT2D eigenvalue weighted by Crippen LogP contribution is 2.27. The minimum absolute atomic E-state index is 0.184. The minimum Gasteiger partial charge on any atom is -0.374 e. The van der Waals surface area contributed by atoms with E-state index in [1.807, 2.05) is 0 Å². The number of hydrogen-bond donors (Lipinski definition) is 2. The van der Waals surface area contributed by atoms with E-state index in [-0.39, 0.29) is 5.91 Å². The highest BCUT2D eigenvalue weighted by molar-refractivity contribution is 7.18. The van der Waals surface area contributed by atoms with Crippen LogP contribution < -0.4 is 11.1 Å². The Balaban J connectivity index is 2.03. The maximum absolute atomic E-state index is 11.8. The molecule has 2 heterocycles. The molecule has 6 nitrogen and oxygen atoms in total. The van der Waals surface area contributed by atoms with Gasteiger partial charge in [0.05, 0.1) is 0 Å². The number of hydrogen-bond acceptors (Lipinski definition) is 6. The Hall–Kier alpha value is -1.21. The smallest absolute Gasteiger partial charge is 0.258 e. The number of nitrogens with one attached hydrogen (secondary N) is 1. The third kappa shape index (κ3) is 2.07. The molecule has 1 aromatic heterocycles. The number of aromatic nitrogens is 2. The van der Waals surface area contributed by atoms with E-state index in [2.05, 4.69) is 15.5 Å². The van der Waals surface area contributed by atoms with Crippen LogP contribution in [0.1, 0.15) is 19.8 Å². The van der Waals surface area contributed by atoms with Crippen molar-refractivity contribution in [2.75, 3.05) is 17.7 Å². The Morgan fingerprint density at radius 1 is 1.67 bits per heavy atom. The van der Waals surface area contributed by atoms with Gasteiger partial charge in [0.1, 0.15) is 5.60 Å². The number of anilines is 2. The first kappa shape index (κ1) is 10.3. The van der Waals surface area contributed by atoms with Crippen molar-refractivity contribution in [2.24, 2.45) is 0 Å². The van der Waals surface area contributed by atoms with Gasteiger partial charge in [-0.25, -0.2) is 0 Å². The van der Waals surface area contributed by atoms with Gasteiger partial charge in [0.25, 0.3) is 5.91 Å². The topological polar surface area (TPSA) is 90.1 Å². The average molecular weight is 228 g/mol. The molecule has 82 valence electrons. The maximum Gasteiger partial charge on any atom is 0.258 e. The Morgan fingerprint density at radius 3 is 3.00 bits per heavy atom. The summed E-state index contributed by atoms with van der Waals surface area (Å²) >= 11 is 1.14. The van der Waals surface area contributed by atoms with Crippen LogP contribution in [0.4, 0.5) is 10.3 Å². The summed E-state index contributed by atoms with van der Waals surface area (Å²) < 4.78 is 5.39. The molecule has 1 fully saturated rings. The van der Waals surface area contributed by atoms with E-state index in [1.165, 1.54) is 0 Å².